The Bertz CT molecular complexity index is 1110. The third kappa shape index (κ3) is 4.70. The second-order valence-corrected chi connectivity index (χ2v) is 8.44. The van der Waals surface area contributed by atoms with E-state index in [2.05, 4.69) is 21.4 Å². The average Bonchev–Trinajstić information content (AvgIpc) is 3.17. The van der Waals surface area contributed by atoms with Gasteiger partial charge in [-0.25, -0.2) is 9.97 Å². The molecule has 0 saturated carbocycles. The predicted molar refractivity (Wildman–Crippen MR) is 118 cm³/mol. The van der Waals surface area contributed by atoms with Crippen LogP contribution in [0.15, 0.2) is 71.1 Å². The number of anilines is 1. The maximum absolute atomic E-state index is 12.2. The monoisotopic (exact) mass is 425 g/mol. The van der Waals surface area contributed by atoms with Gasteiger partial charge in [-0.3, -0.25) is 4.79 Å². The minimum absolute atomic E-state index is 0.0507. The van der Waals surface area contributed by atoms with Gasteiger partial charge < -0.3 is 5.32 Å². The molecule has 0 aliphatic heterocycles. The van der Waals surface area contributed by atoms with Crippen molar-refractivity contribution in [3.8, 4) is 11.3 Å². The number of fused-ring (bicyclic) bond motifs is 1. The second kappa shape index (κ2) is 8.73. The van der Waals surface area contributed by atoms with Gasteiger partial charge >= 0.3 is 0 Å². The van der Waals surface area contributed by atoms with E-state index in [1.165, 1.54) is 11.3 Å². The molecular formula is C21H16ClN3OS2. The molecule has 0 radical (unpaired) electrons. The van der Waals surface area contributed by atoms with Crippen LogP contribution in [0.2, 0.25) is 5.02 Å². The lowest BCUT2D eigenvalue weighted by Gasteiger charge is -2.03. The van der Waals surface area contributed by atoms with Gasteiger partial charge in [-0.2, -0.15) is 0 Å². The minimum Gasteiger partial charge on any atom is -0.302 e. The van der Waals surface area contributed by atoms with Gasteiger partial charge in [0.05, 0.1) is 16.2 Å². The second-order valence-electron chi connectivity index (χ2n) is 6.03. The molecule has 4 rings (SSSR count). The molecule has 28 heavy (non-hydrogen) atoms. The number of halogens is 1. The van der Waals surface area contributed by atoms with Crippen LogP contribution in [0.4, 0.5) is 5.13 Å². The summed E-state index contributed by atoms with van der Waals surface area (Å²) in [5.41, 5.74) is 2.76. The Morgan fingerprint density at radius 1 is 1.04 bits per heavy atom. The summed E-state index contributed by atoms with van der Waals surface area (Å²) in [6.45, 7) is 0. The van der Waals surface area contributed by atoms with E-state index in [0.717, 1.165) is 27.2 Å². The first-order valence-corrected chi connectivity index (χ1v) is 10.9. The number of rotatable bonds is 6. The molecule has 1 N–H and O–H groups in total. The van der Waals surface area contributed by atoms with E-state index in [9.17, 15) is 4.79 Å². The molecular weight excluding hydrogens is 410 g/mol. The van der Waals surface area contributed by atoms with E-state index in [1.54, 1.807) is 11.8 Å². The van der Waals surface area contributed by atoms with Crippen LogP contribution in [0.25, 0.3) is 22.2 Å². The molecule has 0 saturated heterocycles. The molecule has 0 spiro atoms. The van der Waals surface area contributed by atoms with E-state index in [4.69, 9.17) is 11.6 Å². The molecule has 1 amide bonds. The zero-order valence-electron chi connectivity index (χ0n) is 14.8. The van der Waals surface area contributed by atoms with E-state index >= 15 is 0 Å². The topological polar surface area (TPSA) is 54.9 Å². The van der Waals surface area contributed by atoms with Crippen molar-refractivity contribution in [2.45, 2.75) is 11.4 Å². The SMILES string of the molecule is O=C(CCSc1ccc2ccccc2n1)Nc1nc(-c2ccc(Cl)cc2)cs1. The molecule has 0 bridgehead atoms. The van der Waals surface area contributed by atoms with Crippen molar-refractivity contribution in [3.05, 3.63) is 71.1 Å². The van der Waals surface area contributed by atoms with Gasteiger partial charge in [0.25, 0.3) is 0 Å². The number of pyridine rings is 1. The molecule has 0 fully saturated rings. The number of hydrogen-bond acceptors (Lipinski definition) is 5. The van der Waals surface area contributed by atoms with Gasteiger partial charge in [-0.15, -0.1) is 23.1 Å². The highest BCUT2D eigenvalue weighted by Crippen LogP contribution is 2.26. The number of carbonyl (C=O) groups is 1. The van der Waals surface area contributed by atoms with Gasteiger partial charge in [0.1, 0.15) is 0 Å². The number of benzene rings is 2. The summed E-state index contributed by atoms with van der Waals surface area (Å²) in [5.74, 6) is 0.609. The molecule has 140 valence electrons. The first-order valence-electron chi connectivity index (χ1n) is 8.67. The highest BCUT2D eigenvalue weighted by molar-refractivity contribution is 7.99. The normalized spacial score (nSPS) is 10.9. The van der Waals surface area contributed by atoms with Gasteiger partial charge in [-0.05, 0) is 24.3 Å². The number of thioether (sulfide) groups is 1. The smallest absolute Gasteiger partial charge is 0.226 e. The lowest BCUT2D eigenvalue weighted by atomic mass is 10.2. The van der Waals surface area contributed by atoms with Crippen LogP contribution in [-0.4, -0.2) is 21.6 Å². The fourth-order valence-corrected chi connectivity index (χ4v) is 4.33. The zero-order chi connectivity index (χ0) is 19.3. The molecule has 0 aliphatic carbocycles. The van der Waals surface area contributed by atoms with Gasteiger partial charge in [-0.1, -0.05) is 48.0 Å². The van der Waals surface area contributed by atoms with E-state index in [0.29, 0.717) is 22.3 Å². The number of carbonyl (C=O) groups excluding carboxylic acids is 1. The van der Waals surface area contributed by atoms with Crippen LogP contribution in [0, 0.1) is 0 Å². The van der Waals surface area contributed by atoms with Crippen LogP contribution in [0.5, 0.6) is 0 Å². The van der Waals surface area contributed by atoms with Crippen LogP contribution >= 0.6 is 34.7 Å². The van der Waals surface area contributed by atoms with Crippen molar-refractivity contribution in [2.75, 3.05) is 11.1 Å². The van der Waals surface area contributed by atoms with Gasteiger partial charge in [0.15, 0.2) is 5.13 Å². The number of thiazole rings is 1. The fraction of sp³-hybridized carbons (Fsp3) is 0.0952. The highest BCUT2D eigenvalue weighted by Gasteiger charge is 2.09. The van der Waals surface area contributed by atoms with Crippen LogP contribution in [0.1, 0.15) is 6.42 Å². The Kier molecular flexibility index (Phi) is 5.90. The van der Waals surface area contributed by atoms with Crippen LogP contribution in [0.3, 0.4) is 0 Å². The molecule has 0 aliphatic rings. The van der Waals surface area contributed by atoms with Gasteiger partial charge in [0.2, 0.25) is 5.91 Å². The summed E-state index contributed by atoms with van der Waals surface area (Å²) in [7, 11) is 0. The number of amides is 1. The molecule has 4 aromatic rings. The first kappa shape index (κ1) is 18.9. The molecule has 7 heteroatoms. The van der Waals surface area contributed by atoms with Crippen molar-refractivity contribution in [2.24, 2.45) is 0 Å². The first-order chi connectivity index (χ1) is 13.7. The minimum atomic E-state index is -0.0507. The van der Waals surface area contributed by atoms with Crippen molar-refractivity contribution >= 4 is 56.6 Å². The van der Waals surface area contributed by atoms with Gasteiger partial charge in [0, 0.05) is 33.5 Å². The number of nitrogens with zero attached hydrogens (tertiary/aromatic N) is 2. The number of aromatic nitrogens is 2. The highest BCUT2D eigenvalue weighted by atomic mass is 35.5. The van der Waals surface area contributed by atoms with Crippen LogP contribution < -0.4 is 5.32 Å². The summed E-state index contributed by atoms with van der Waals surface area (Å²) in [6.07, 6.45) is 0.398. The van der Waals surface area contributed by atoms with Crippen molar-refractivity contribution < 1.29 is 4.79 Å². The molecule has 0 atom stereocenters. The maximum Gasteiger partial charge on any atom is 0.226 e. The lowest BCUT2D eigenvalue weighted by molar-refractivity contribution is -0.115. The van der Waals surface area contributed by atoms with Crippen LogP contribution in [-0.2, 0) is 4.79 Å². The molecule has 2 aromatic heterocycles. The third-order valence-corrected chi connectivity index (χ3v) is 5.98. The summed E-state index contributed by atoms with van der Waals surface area (Å²) >= 11 is 8.90. The summed E-state index contributed by atoms with van der Waals surface area (Å²) < 4.78 is 0. The molecule has 0 unspecified atom stereocenters. The van der Waals surface area contributed by atoms with E-state index in [-0.39, 0.29) is 5.91 Å². The largest absolute Gasteiger partial charge is 0.302 e. The molecule has 2 heterocycles. The van der Waals surface area contributed by atoms with E-state index < -0.39 is 0 Å². The maximum atomic E-state index is 12.2. The summed E-state index contributed by atoms with van der Waals surface area (Å²) in [6, 6.07) is 19.5. The summed E-state index contributed by atoms with van der Waals surface area (Å²) in [4.78, 5) is 21.3. The Morgan fingerprint density at radius 2 is 1.86 bits per heavy atom. The third-order valence-electron chi connectivity index (χ3n) is 4.04. The standard InChI is InChI=1S/C21H16ClN3OS2/c22-16-8-5-15(6-9-16)18-13-28-21(24-18)25-19(26)11-12-27-20-10-7-14-3-1-2-4-17(14)23-20/h1-10,13H,11-12H2,(H,24,25,26). The van der Waals surface area contributed by atoms with Crippen molar-refractivity contribution in [3.63, 3.8) is 0 Å². The predicted octanol–water partition coefficient (Wildman–Crippen LogP) is 6.13. The molecule has 2 aromatic carbocycles. The number of para-hydroxylation sites is 1. The number of nitrogens with one attached hydrogen (secondary N) is 1. The van der Waals surface area contributed by atoms with Crippen molar-refractivity contribution in [1.82, 2.24) is 9.97 Å². The fourth-order valence-electron chi connectivity index (χ4n) is 2.64. The Hall–Kier alpha value is -2.41. The Morgan fingerprint density at radius 3 is 2.71 bits per heavy atom. The van der Waals surface area contributed by atoms with Crippen molar-refractivity contribution in [1.29, 1.82) is 0 Å². The van der Waals surface area contributed by atoms with E-state index in [1.807, 2.05) is 60.0 Å². The Labute approximate surface area is 176 Å². The zero-order valence-corrected chi connectivity index (χ0v) is 17.2. The Balaban J connectivity index is 1.30. The average molecular weight is 426 g/mol. The lowest BCUT2D eigenvalue weighted by Crippen LogP contribution is -2.12. The summed E-state index contributed by atoms with van der Waals surface area (Å²) in [5, 5.41) is 8.12. The quantitative estimate of drug-likeness (QED) is 0.377. The molecule has 4 nitrogen and oxygen atoms in total. The number of hydrogen-bond donors (Lipinski definition) is 1.